The second-order valence-electron chi connectivity index (χ2n) is 13.3. The number of benzene rings is 1. The molecule has 57 heavy (non-hydrogen) atoms. The van der Waals surface area contributed by atoms with E-state index in [-0.39, 0.29) is 76.5 Å². The second kappa shape index (κ2) is 22.9. The van der Waals surface area contributed by atoms with Crippen LogP contribution in [-0.2, 0) is 46.9 Å². The lowest BCUT2D eigenvalue weighted by Crippen LogP contribution is -2.57. The maximum Gasteiger partial charge on any atom is 0.409 e. The predicted molar refractivity (Wildman–Crippen MR) is 208 cm³/mol. The summed E-state index contributed by atoms with van der Waals surface area (Å²) < 4.78 is 46.6. The van der Waals surface area contributed by atoms with E-state index in [0.29, 0.717) is 24.5 Å². The summed E-state index contributed by atoms with van der Waals surface area (Å²) in [4.78, 5) is 79.7. The summed E-state index contributed by atoms with van der Waals surface area (Å²) >= 11 is 0. The molecule has 2 fully saturated rings. The number of amides is 3. The molecule has 0 unspecified atom stereocenters. The Balaban J connectivity index is 1.64. The lowest BCUT2D eigenvalue weighted by molar-refractivity contribution is -0.144. The van der Waals surface area contributed by atoms with Gasteiger partial charge in [0.1, 0.15) is 17.6 Å². The number of piperazine rings is 1. The van der Waals surface area contributed by atoms with Gasteiger partial charge < -0.3 is 48.0 Å². The van der Waals surface area contributed by atoms with E-state index in [1.165, 1.54) is 15.9 Å². The standard InChI is InChI=1S/C38H55N6O12P/c1-5-8-22-54-38(49)43-20-18-42(19-21-43)37(48)31(27-57(50,55-23-15-33(45)52-6-2)56-24-16-34(46)53-7-3)40-36(47)30-25-32(44-17-14-29(26-44)51-4)41-35(39-30)28-12-10-9-11-13-28/h9-13,25,29,31H,5-8,14-24,26-27H2,1-4H3,(H,40,47)/t29-,31-/m0/s1. The van der Waals surface area contributed by atoms with E-state index in [1.54, 1.807) is 21.0 Å². The van der Waals surface area contributed by atoms with Crippen LogP contribution in [0, 0.1) is 0 Å². The van der Waals surface area contributed by atoms with Crippen LogP contribution in [0.15, 0.2) is 36.4 Å². The first-order chi connectivity index (χ1) is 27.5. The molecule has 1 aromatic heterocycles. The van der Waals surface area contributed by atoms with E-state index in [2.05, 4.69) is 10.3 Å². The number of methoxy groups -OCH3 is 1. The summed E-state index contributed by atoms with van der Waals surface area (Å²) in [5, 5.41) is 2.73. The normalized spacial score (nSPS) is 16.2. The molecule has 4 rings (SSSR count). The third kappa shape index (κ3) is 14.1. The molecule has 19 heteroatoms. The lowest BCUT2D eigenvalue weighted by atomic mass is 10.2. The van der Waals surface area contributed by atoms with E-state index in [9.17, 15) is 28.5 Å². The van der Waals surface area contributed by atoms with Crippen LogP contribution in [0.1, 0.15) is 63.4 Å². The number of carbonyl (C=O) groups is 5. The van der Waals surface area contributed by atoms with Crippen molar-refractivity contribution in [2.24, 2.45) is 0 Å². The third-order valence-electron chi connectivity index (χ3n) is 9.16. The second-order valence-corrected chi connectivity index (χ2v) is 15.4. The van der Waals surface area contributed by atoms with Crippen LogP contribution in [0.5, 0.6) is 0 Å². The number of nitrogens with zero attached hydrogens (tertiary/aromatic N) is 5. The molecule has 314 valence electrons. The zero-order valence-corrected chi connectivity index (χ0v) is 34.1. The highest BCUT2D eigenvalue weighted by molar-refractivity contribution is 7.54. The monoisotopic (exact) mass is 818 g/mol. The Morgan fingerprint density at radius 2 is 1.47 bits per heavy atom. The van der Waals surface area contributed by atoms with E-state index >= 15 is 0 Å². The number of nitrogens with one attached hydrogen (secondary N) is 1. The lowest BCUT2D eigenvalue weighted by Gasteiger charge is -2.36. The number of hydrogen-bond donors (Lipinski definition) is 1. The van der Waals surface area contributed by atoms with Gasteiger partial charge in [0.05, 0.1) is 58.1 Å². The Kier molecular flexibility index (Phi) is 18.1. The minimum Gasteiger partial charge on any atom is -0.466 e. The summed E-state index contributed by atoms with van der Waals surface area (Å²) in [6.45, 7) is 6.69. The molecule has 2 atom stereocenters. The van der Waals surface area contributed by atoms with Crippen molar-refractivity contribution in [3.8, 4) is 11.4 Å². The molecule has 0 spiro atoms. The van der Waals surface area contributed by atoms with Crippen LogP contribution in [-0.4, -0.2) is 147 Å². The van der Waals surface area contributed by atoms with Crippen molar-refractivity contribution in [3.63, 3.8) is 0 Å². The number of ether oxygens (including phenoxy) is 4. The Morgan fingerprint density at radius 3 is 2.05 bits per heavy atom. The zero-order valence-electron chi connectivity index (χ0n) is 33.2. The fourth-order valence-electron chi connectivity index (χ4n) is 6.07. The summed E-state index contributed by atoms with van der Waals surface area (Å²) in [7, 11) is -2.70. The van der Waals surface area contributed by atoms with E-state index in [4.69, 9.17) is 33.0 Å². The third-order valence-corrected chi connectivity index (χ3v) is 11.1. The van der Waals surface area contributed by atoms with Crippen LogP contribution in [0.3, 0.4) is 0 Å². The molecule has 3 heterocycles. The molecule has 2 aliphatic rings. The average Bonchev–Trinajstić information content (AvgIpc) is 3.71. The van der Waals surface area contributed by atoms with Crippen molar-refractivity contribution in [2.75, 3.05) is 90.5 Å². The number of carbonyl (C=O) groups excluding carboxylic acids is 5. The van der Waals surface area contributed by atoms with Gasteiger partial charge in [-0.15, -0.1) is 0 Å². The number of anilines is 1. The summed E-state index contributed by atoms with van der Waals surface area (Å²) in [5.41, 5.74) is 0.600. The Bertz CT molecular complexity index is 1670. The summed E-state index contributed by atoms with van der Waals surface area (Å²) in [6.07, 6.45) is 0.625. The molecule has 0 saturated carbocycles. The number of hydrogen-bond acceptors (Lipinski definition) is 15. The maximum absolute atomic E-state index is 14.4. The van der Waals surface area contributed by atoms with Crippen molar-refractivity contribution >= 4 is 43.3 Å². The molecule has 2 saturated heterocycles. The largest absolute Gasteiger partial charge is 0.466 e. The molecule has 2 aliphatic heterocycles. The molecule has 2 aromatic rings. The van der Waals surface area contributed by atoms with Crippen LogP contribution in [0.25, 0.3) is 11.4 Å². The van der Waals surface area contributed by atoms with Gasteiger partial charge in [-0.05, 0) is 26.7 Å². The van der Waals surface area contributed by atoms with E-state index < -0.39 is 62.9 Å². The first-order valence-electron chi connectivity index (χ1n) is 19.4. The molecule has 3 amide bonds. The zero-order chi connectivity index (χ0) is 41.2. The van der Waals surface area contributed by atoms with E-state index in [1.807, 2.05) is 42.2 Å². The van der Waals surface area contributed by atoms with Gasteiger partial charge in [-0.3, -0.25) is 23.7 Å². The predicted octanol–water partition coefficient (Wildman–Crippen LogP) is 3.68. The minimum absolute atomic E-state index is 0.0279. The molecular formula is C38H55N6O12P. The van der Waals surface area contributed by atoms with Crippen molar-refractivity contribution in [2.45, 2.75) is 65.0 Å². The minimum atomic E-state index is -4.33. The van der Waals surface area contributed by atoms with Crippen LogP contribution < -0.4 is 10.2 Å². The summed E-state index contributed by atoms with van der Waals surface area (Å²) in [6, 6.07) is 9.14. The van der Waals surface area contributed by atoms with Crippen LogP contribution >= 0.6 is 7.60 Å². The first-order valence-corrected chi connectivity index (χ1v) is 21.1. The quantitative estimate of drug-likeness (QED) is 0.0826. The van der Waals surface area contributed by atoms with Gasteiger partial charge in [-0.2, -0.15) is 0 Å². The van der Waals surface area contributed by atoms with Crippen molar-refractivity contribution in [1.82, 2.24) is 25.1 Å². The fraction of sp³-hybridized carbons (Fsp3) is 0.605. The highest BCUT2D eigenvalue weighted by Crippen LogP contribution is 2.49. The van der Waals surface area contributed by atoms with Gasteiger partial charge in [-0.25, -0.2) is 14.8 Å². The topological polar surface area (TPSA) is 205 Å². The molecule has 0 aliphatic carbocycles. The maximum atomic E-state index is 14.4. The van der Waals surface area contributed by atoms with Gasteiger partial charge in [0.25, 0.3) is 5.91 Å². The number of esters is 2. The Hall–Kier alpha value is -4.64. The number of aromatic nitrogens is 2. The number of rotatable bonds is 21. The van der Waals surface area contributed by atoms with Crippen LogP contribution in [0.4, 0.5) is 10.6 Å². The van der Waals surface area contributed by atoms with Gasteiger partial charge in [-0.1, -0.05) is 43.7 Å². The SMILES string of the molecule is CCCCOC(=O)N1CCN(C(=O)[C@H](CP(=O)(OCCC(=O)OCC)OCCC(=O)OCC)NC(=O)c2cc(N3CC[C@H](OC)C3)nc(-c3ccccc3)n2)CC1. The van der Waals surface area contributed by atoms with Crippen molar-refractivity contribution in [1.29, 1.82) is 0 Å². The summed E-state index contributed by atoms with van der Waals surface area (Å²) in [5.74, 6) is -1.84. The van der Waals surface area contributed by atoms with Crippen molar-refractivity contribution in [3.05, 3.63) is 42.1 Å². The fourth-order valence-corrected chi connectivity index (χ4v) is 7.79. The molecule has 0 bridgehead atoms. The highest BCUT2D eigenvalue weighted by Gasteiger charge is 2.38. The average molecular weight is 819 g/mol. The van der Waals surface area contributed by atoms with Gasteiger partial charge in [0.2, 0.25) is 5.91 Å². The van der Waals surface area contributed by atoms with E-state index in [0.717, 1.165) is 19.3 Å². The number of unbranched alkanes of at least 4 members (excludes halogenated alkanes) is 1. The smallest absolute Gasteiger partial charge is 0.409 e. The van der Waals surface area contributed by atoms with Gasteiger partial charge in [0.15, 0.2) is 5.82 Å². The van der Waals surface area contributed by atoms with Gasteiger partial charge in [0, 0.05) is 58.0 Å². The molecular weight excluding hydrogens is 763 g/mol. The highest BCUT2D eigenvalue weighted by atomic mass is 31.2. The Morgan fingerprint density at radius 1 is 0.842 bits per heavy atom. The Labute approximate surface area is 333 Å². The first kappa shape index (κ1) is 45.1. The molecule has 1 N–H and O–H groups in total. The molecule has 18 nitrogen and oxygen atoms in total. The molecule has 0 radical (unpaired) electrons. The molecule has 1 aromatic carbocycles. The van der Waals surface area contributed by atoms with Crippen molar-refractivity contribution < 1.29 is 56.5 Å². The van der Waals surface area contributed by atoms with Crippen LogP contribution in [0.2, 0.25) is 0 Å². The van der Waals surface area contributed by atoms with Gasteiger partial charge >= 0.3 is 25.6 Å².